The highest BCUT2D eigenvalue weighted by Gasteiger charge is 2.32. The van der Waals surface area contributed by atoms with E-state index in [0.29, 0.717) is 39.1 Å². The van der Waals surface area contributed by atoms with Crippen LogP contribution in [0.15, 0.2) is 24.3 Å². The molecule has 0 heterocycles. The van der Waals surface area contributed by atoms with Gasteiger partial charge in [-0.25, -0.2) is 4.79 Å². The quantitative estimate of drug-likeness (QED) is 0.242. The largest absolute Gasteiger partial charge is 0.507 e. The molecule has 0 radical (unpaired) electrons. The third-order valence-corrected chi connectivity index (χ3v) is 7.20. The van der Waals surface area contributed by atoms with E-state index in [2.05, 4.69) is 0 Å². The Labute approximate surface area is 218 Å². The lowest BCUT2D eigenvalue weighted by Gasteiger charge is -2.23. The third kappa shape index (κ3) is 4.95. The number of carbonyl (C=O) groups excluding carboxylic acids is 2. The number of esters is 1. The number of carbonyl (C=O) groups is 2. The highest BCUT2D eigenvalue weighted by atomic mass is 16.5. The average molecular weight is 509 g/mol. The normalized spacial score (nSPS) is 11.1. The van der Waals surface area contributed by atoms with Gasteiger partial charge in [0, 0.05) is 22.8 Å². The van der Waals surface area contributed by atoms with Gasteiger partial charge in [-0.3, -0.25) is 4.79 Å². The molecule has 0 aliphatic heterocycles. The molecule has 0 saturated heterocycles. The smallest absolute Gasteiger partial charge is 0.339 e. The maximum absolute atomic E-state index is 13.7. The van der Waals surface area contributed by atoms with Crippen molar-refractivity contribution in [3.8, 4) is 34.1 Å². The molecule has 0 fully saturated rings. The van der Waals surface area contributed by atoms with E-state index in [-0.39, 0.29) is 35.0 Å². The number of phenols is 1. The minimum atomic E-state index is -0.727. The average Bonchev–Trinajstić information content (AvgIpc) is 2.91. The van der Waals surface area contributed by atoms with E-state index in [1.807, 2.05) is 33.8 Å². The van der Waals surface area contributed by atoms with Crippen molar-refractivity contribution in [3.05, 3.63) is 46.5 Å². The number of hydrogen-bond acceptors (Lipinski definition) is 7. The minimum Gasteiger partial charge on any atom is -0.507 e. The predicted octanol–water partition coefficient (Wildman–Crippen LogP) is 6.65. The van der Waals surface area contributed by atoms with Crippen LogP contribution in [0, 0.1) is 19.8 Å². The van der Waals surface area contributed by atoms with Crippen molar-refractivity contribution in [2.24, 2.45) is 5.92 Å². The minimum absolute atomic E-state index is 0.00257. The van der Waals surface area contributed by atoms with Crippen LogP contribution in [-0.4, -0.2) is 45.3 Å². The van der Waals surface area contributed by atoms with Gasteiger partial charge in [0.05, 0.1) is 39.6 Å². The monoisotopic (exact) mass is 508 g/mol. The summed E-state index contributed by atoms with van der Waals surface area (Å²) in [6, 6.07) is 7.07. The molecule has 0 amide bonds. The fourth-order valence-electron chi connectivity index (χ4n) is 4.88. The fourth-order valence-corrected chi connectivity index (χ4v) is 4.88. The number of methoxy groups -OCH3 is 4. The van der Waals surface area contributed by atoms with Gasteiger partial charge in [0.25, 0.3) is 0 Å². The Balaban J connectivity index is 2.61. The summed E-state index contributed by atoms with van der Waals surface area (Å²) >= 11 is 0. The molecule has 7 heteroatoms. The zero-order chi connectivity index (χ0) is 27.4. The van der Waals surface area contributed by atoms with E-state index in [1.54, 1.807) is 25.3 Å². The molecule has 0 atom stereocenters. The predicted molar refractivity (Wildman–Crippen MR) is 145 cm³/mol. The molecule has 0 aromatic heterocycles. The first kappa shape index (κ1) is 27.8. The van der Waals surface area contributed by atoms with E-state index >= 15 is 0 Å². The number of hydrogen-bond donors (Lipinski definition) is 1. The number of fused-ring (bicyclic) bond motifs is 1. The van der Waals surface area contributed by atoms with Crippen LogP contribution < -0.4 is 14.2 Å². The van der Waals surface area contributed by atoms with E-state index in [4.69, 9.17) is 18.9 Å². The molecule has 0 aliphatic carbocycles. The molecule has 198 valence electrons. The van der Waals surface area contributed by atoms with Crippen LogP contribution in [0.2, 0.25) is 0 Å². The first-order valence-electron chi connectivity index (χ1n) is 12.4. The van der Waals surface area contributed by atoms with Gasteiger partial charge in [-0.05, 0) is 54.7 Å². The van der Waals surface area contributed by atoms with E-state index in [9.17, 15) is 14.7 Å². The van der Waals surface area contributed by atoms with Gasteiger partial charge in [0.1, 0.15) is 11.5 Å². The lowest BCUT2D eigenvalue weighted by molar-refractivity contribution is 0.0597. The topological polar surface area (TPSA) is 91.3 Å². The van der Waals surface area contributed by atoms with Crippen molar-refractivity contribution < 1.29 is 33.6 Å². The summed E-state index contributed by atoms with van der Waals surface area (Å²) in [6.45, 7) is 7.86. The van der Waals surface area contributed by atoms with Crippen LogP contribution in [0.1, 0.15) is 65.0 Å². The molecule has 3 rings (SSSR count). The van der Waals surface area contributed by atoms with Gasteiger partial charge in [-0.15, -0.1) is 0 Å². The second-order valence-electron chi connectivity index (χ2n) is 9.12. The molecule has 3 aromatic rings. The lowest BCUT2D eigenvalue weighted by atomic mass is 9.83. The second kappa shape index (κ2) is 11.5. The summed E-state index contributed by atoms with van der Waals surface area (Å²) in [5.41, 5.74) is 2.69. The number of benzene rings is 3. The Bertz CT molecular complexity index is 1340. The summed E-state index contributed by atoms with van der Waals surface area (Å²) in [5.74, 6) is 0.286. The molecule has 37 heavy (non-hydrogen) atoms. The molecule has 1 N–H and O–H groups in total. The zero-order valence-electron chi connectivity index (χ0n) is 22.9. The molecule has 7 nitrogen and oxygen atoms in total. The number of rotatable bonds is 10. The van der Waals surface area contributed by atoms with Gasteiger partial charge in [-0.2, -0.15) is 0 Å². The van der Waals surface area contributed by atoms with Crippen molar-refractivity contribution in [2.45, 2.75) is 47.0 Å². The van der Waals surface area contributed by atoms with Crippen LogP contribution in [0.25, 0.3) is 21.9 Å². The van der Waals surface area contributed by atoms with Gasteiger partial charge >= 0.3 is 5.97 Å². The van der Waals surface area contributed by atoms with Gasteiger partial charge in [0.2, 0.25) is 0 Å². The molecule has 0 saturated carbocycles. The Morgan fingerprint density at radius 3 is 2.08 bits per heavy atom. The number of ketones is 1. The molecular formula is C30H36O7. The Morgan fingerprint density at radius 1 is 0.892 bits per heavy atom. The number of aryl methyl sites for hydroxylation is 1. The second-order valence-corrected chi connectivity index (χ2v) is 9.12. The maximum Gasteiger partial charge on any atom is 0.339 e. The first-order valence-corrected chi connectivity index (χ1v) is 12.4. The van der Waals surface area contributed by atoms with Crippen molar-refractivity contribution in [1.82, 2.24) is 0 Å². The summed E-state index contributed by atoms with van der Waals surface area (Å²) in [4.78, 5) is 27.1. The SMILES string of the molecule is CCC(CC)CC(=O)c1c(C(=O)OC)c(-c2ccc(OC)c(OC)c2)c2c(OC)c(C)c(C)cc2c1O. The van der Waals surface area contributed by atoms with Crippen molar-refractivity contribution in [3.63, 3.8) is 0 Å². The van der Waals surface area contributed by atoms with Gasteiger partial charge < -0.3 is 24.1 Å². The van der Waals surface area contributed by atoms with Crippen molar-refractivity contribution in [1.29, 1.82) is 0 Å². The molecule has 0 spiro atoms. The van der Waals surface area contributed by atoms with Crippen molar-refractivity contribution >= 4 is 22.5 Å². The van der Waals surface area contributed by atoms with Gasteiger partial charge in [0.15, 0.2) is 17.3 Å². The van der Waals surface area contributed by atoms with Crippen LogP contribution in [0.4, 0.5) is 0 Å². The number of phenolic OH excluding ortho intramolecular Hbond substituents is 1. The molecule has 0 aliphatic rings. The first-order chi connectivity index (χ1) is 17.7. The number of Topliss-reactive ketones (excluding diaryl/α,β-unsaturated/α-hetero) is 1. The number of aromatic hydroxyl groups is 1. The van der Waals surface area contributed by atoms with Crippen LogP contribution >= 0.6 is 0 Å². The highest BCUT2D eigenvalue weighted by molar-refractivity contribution is 6.21. The molecule has 3 aromatic carbocycles. The van der Waals surface area contributed by atoms with E-state index < -0.39 is 5.97 Å². The summed E-state index contributed by atoms with van der Waals surface area (Å²) < 4.78 is 21.9. The number of ether oxygens (including phenoxy) is 4. The molecule has 0 bridgehead atoms. The Hall–Kier alpha value is -3.74. The van der Waals surface area contributed by atoms with Crippen LogP contribution in [-0.2, 0) is 4.74 Å². The zero-order valence-corrected chi connectivity index (χ0v) is 22.9. The van der Waals surface area contributed by atoms with Crippen LogP contribution in [0.5, 0.6) is 23.0 Å². The third-order valence-electron chi connectivity index (χ3n) is 7.20. The maximum atomic E-state index is 13.7. The lowest BCUT2D eigenvalue weighted by Crippen LogP contribution is -2.16. The molecule has 0 unspecified atom stereocenters. The fraction of sp³-hybridized carbons (Fsp3) is 0.400. The van der Waals surface area contributed by atoms with Crippen LogP contribution in [0.3, 0.4) is 0 Å². The summed E-state index contributed by atoms with van der Waals surface area (Å²) in [6.07, 6.45) is 1.81. The molecular weight excluding hydrogens is 472 g/mol. The summed E-state index contributed by atoms with van der Waals surface area (Å²) in [7, 11) is 5.86. The Kier molecular flexibility index (Phi) is 8.69. The standard InChI is InChI=1S/C30H36O7/c1-9-18(10-2)14-21(31)26-27(30(33)37-8)24(19-11-12-22(34-5)23(15-19)35-6)25-20(28(26)32)13-16(3)17(4)29(25)36-7/h11-13,15,18,32H,9-10,14H2,1-8H3. The van der Waals surface area contributed by atoms with Gasteiger partial charge in [-0.1, -0.05) is 32.8 Å². The summed E-state index contributed by atoms with van der Waals surface area (Å²) in [5, 5.41) is 12.5. The van der Waals surface area contributed by atoms with Crippen molar-refractivity contribution in [2.75, 3.05) is 28.4 Å². The highest BCUT2D eigenvalue weighted by Crippen LogP contribution is 2.48. The Morgan fingerprint density at radius 2 is 1.54 bits per heavy atom. The van der Waals surface area contributed by atoms with E-state index in [1.165, 1.54) is 21.3 Å². The van der Waals surface area contributed by atoms with E-state index in [0.717, 1.165) is 24.0 Å².